The molecule has 3 nitrogen and oxygen atoms in total. The summed E-state index contributed by atoms with van der Waals surface area (Å²) in [5.41, 5.74) is 1.55. The second-order valence-corrected chi connectivity index (χ2v) is 14.1. The summed E-state index contributed by atoms with van der Waals surface area (Å²) in [6.07, 6.45) is 12.9. The molecule has 1 aliphatic rings. The van der Waals surface area contributed by atoms with Crippen LogP contribution in [0.3, 0.4) is 0 Å². The summed E-state index contributed by atoms with van der Waals surface area (Å²) in [5.74, 6) is 0.589. The second-order valence-electron chi connectivity index (χ2n) is 10.1. The molecular formula is C32H44FO3PS. The van der Waals surface area contributed by atoms with Gasteiger partial charge in [-0.25, -0.2) is 8.42 Å². The van der Waals surface area contributed by atoms with Crippen molar-refractivity contribution in [2.24, 2.45) is 0 Å². The Morgan fingerprint density at radius 1 is 0.684 bits per heavy atom. The van der Waals surface area contributed by atoms with Gasteiger partial charge in [0.25, 0.3) is 0 Å². The van der Waals surface area contributed by atoms with Crippen LogP contribution in [0, 0.1) is 0 Å². The van der Waals surface area contributed by atoms with Crippen LogP contribution >= 0.6 is 7.92 Å². The first kappa shape index (κ1) is 32.1. The van der Waals surface area contributed by atoms with E-state index in [2.05, 4.69) is 91.9 Å². The molecule has 1 saturated carbocycles. The summed E-state index contributed by atoms with van der Waals surface area (Å²) in [4.78, 5) is 0. The van der Waals surface area contributed by atoms with E-state index in [1.807, 2.05) is 0 Å². The van der Waals surface area contributed by atoms with Gasteiger partial charge in [0.05, 0.1) is 18.0 Å². The molecule has 0 aliphatic heterocycles. The van der Waals surface area contributed by atoms with Crippen molar-refractivity contribution in [1.29, 1.82) is 0 Å². The first-order valence-corrected chi connectivity index (χ1v) is 17.1. The van der Waals surface area contributed by atoms with Crippen LogP contribution in [-0.2, 0) is 10.1 Å². The Kier molecular flexibility index (Phi) is 14.8. The third kappa shape index (κ3) is 11.4. The molecule has 38 heavy (non-hydrogen) atoms. The molecule has 0 atom stereocenters. The molecule has 3 aromatic rings. The van der Waals surface area contributed by atoms with Gasteiger partial charge < -0.3 is 4.55 Å². The molecule has 0 spiro atoms. The fourth-order valence-corrected chi connectivity index (χ4v) is 8.24. The van der Waals surface area contributed by atoms with Crippen LogP contribution < -0.4 is 15.9 Å². The molecule has 3 aromatic carbocycles. The molecule has 0 heterocycles. The van der Waals surface area contributed by atoms with Crippen molar-refractivity contribution >= 4 is 34.0 Å². The average Bonchev–Trinajstić information content (AvgIpc) is 2.93. The molecule has 0 bridgehead atoms. The van der Waals surface area contributed by atoms with E-state index in [0.29, 0.717) is 6.42 Å². The fraction of sp³-hybridized carbons (Fsp3) is 0.438. The minimum atomic E-state index is -3.97. The molecule has 6 heteroatoms. The third-order valence-corrected chi connectivity index (χ3v) is 10.7. The van der Waals surface area contributed by atoms with Crippen LogP contribution in [0.15, 0.2) is 84.9 Å². The largest absolute Gasteiger partial charge is 0.748 e. The molecule has 4 rings (SSSR count). The zero-order valence-electron chi connectivity index (χ0n) is 22.7. The molecule has 0 N–H and O–H groups in total. The van der Waals surface area contributed by atoms with E-state index in [1.54, 1.807) is 5.56 Å². The van der Waals surface area contributed by atoms with E-state index in [1.165, 1.54) is 60.9 Å². The molecule has 0 aromatic heterocycles. The van der Waals surface area contributed by atoms with E-state index in [-0.39, 0.29) is 10.5 Å². The van der Waals surface area contributed by atoms with Crippen molar-refractivity contribution < 1.29 is 17.7 Å². The van der Waals surface area contributed by atoms with Gasteiger partial charge in [-0.2, -0.15) is 0 Å². The van der Waals surface area contributed by atoms with E-state index in [0.717, 1.165) is 25.2 Å². The Morgan fingerprint density at radius 3 is 1.66 bits per heavy atom. The first-order valence-electron chi connectivity index (χ1n) is 14.0. The van der Waals surface area contributed by atoms with Crippen LogP contribution in [0.2, 0.25) is 0 Å². The molecule has 0 unspecified atom stereocenters. The Labute approximate surface area is 231 Å². The lowest BCUT2D eigenvalue weighted by molar-refractivity contribution is 0.443. The summed E-state index contributed by atoms with van der Waals surface area (Å²) in [6, 6.07) is 31.7. The van der Waals surface area contributed by atoms with E-state index in [9.17, 15) is 13.0 Å². The lowest BCUT2D eigenvalue weighted by Gasteiger charge is -2.22. The Bertz CT molecular complexity index is 1080. The fourth-order valence-electron chi connectivity index (χ4n) is 5.13. The smallest absolute Gasteiger partial charge is 0.102 e. The van der Waals surface area contributed by atoms with Crippen LogP contribution in [0.4, 0.5) is 4.70 Å². The predicted octanol–water partition coefficient (Wildman–Crippen LogP) is 7.27. The highest BCUT2D eigenvalue weighted by Gasteiger charge is 2.25. The van der Waals surface area contributed by atoms with Gasteiger partial charge in [0, 0.05) is 5.75 Å². The number of rotatable bonds is 11. The summed E-state index contributed by atoms with van der Waals surface area (Å²) < 4.78 is 30.5. The molecule has 1 aliphatic carbocycles. The van der Waals surface area contributed by atoms with Crippen molar-refractivity contribution in [3.05, 3.63) is 90.5 Å². The maximum atomic E-state index is 10.2. The third-order valence-electron chi connectivity index (χ3n) is 7.15. The van der Waals surface area contributed by atoms with Gasteiger partial charge in [-0.15, -0.1) is 0 Å². The zero-order valence-corrected chi connectivity index (χ0v) is 24.5. The van der Waals surface area contributed by atoms with Crippen LogP contribution in [-0.4, -0.2) is 18.7 Å². The molecule has 0 saturated heterocycles. The average molecular weight is 559 g/mol. The summed E-state index contributed by atoms with van der Waals surface area (Å²) in [6.45, 7) is 2.13. The van der Waals surface area contributed by atoms with E-state index < -0.39 is 18.0 Å². The van der Waals surface area contributed by atoms with Gasteiger partial charge in [-0.3, -0.25) is 4.70 Å². The predicted molar refractivity (Wildman–Crippen MR) is 163 cm³/mol. The monoisotopic (exact) mass is 558 g/mol. The number of hydrogen-bond donors (Lipinski definition) is 0. The zero-order chi connectivity index (χ0) is 26.3. The molecule has 1 fully saturated rings. The standard InChI is InChI=1S/C24H25P.C8H18O3S.FH/c1-4-10-20(11-5-1)21-16-18-24(19-17-21)25(22-12-6-2-7-13-22)23-14-8-3-9-15-23;1-2-3-4-5-6-7-8-12(9,10)11;/h2-3,6-9,12-20H,1,4-5,10-11H2;2-8H2,1H3,(H,9,10,11);1H. The summed E-state index contributed by atoms with van der Waals surface area (Å²) in [7, 11) is -4.89. The maximum absolute atomic E-state index is 10.2. The Morgan fingerprint density at radius 2 is 1.16 bits per heavy atom. The van der Waals surface area contributed by atoms with Crippen molar-refractivity contribution in [2.45, 2.75) is 83.5 Å². The molecule has 0 radical (unpaired) electrons. The summed E-state index contributed by atoms with van der Waals surface area (Å²) in [5, 5.41) is 4.41. The van der Waals surface area contributed by atoms with Crippen molar-refractivity contribution in [1.82, 2.24) is 0 Å². The minimum Gasteiger partial charge on any atom is -0.748 e. The van der Waals surface area contributed by atoms with Crippen molar-refractivity contribution in [3.8, 4) is 0 Å². The van der Waals surface area contributed by atoms with Crippen LogP contribution in [0.5, 0.6) is 0 Å². The highest BCUT2D eigenvalue weighted by Crippen LogP contribution is 2.35. The van der Waals surface area contributed by atoms with Gasteiger partial charge in [0.1, 0.15) is 15.9 Å². The normalized spacial score (nSPS) is 13.9. The van der Waals surface area contributed by atoms with Gasteiger partial charge in [-0.05, 0) is 67.1 Å². The summed E-state index contributed by atoms with van der Waals surface area (Å²) >= 11 is 0. The number of benzene rings is 3. The minimum absolute atomic E-state index is 0. The van der Waals surface area contributed by atoms with Gasteiger partial charge in [-0.1, -0.05) is 107 Å². The molecule has 208 valence electrons. The SMILES string of the molecule is CCCCCCCCS(=O)(=O)[O-].F.c1ccc([PH+](c2ccccc2)c2ccc(C3CCCCC3)cc2)cc1. The van der Waals surface area contributed by atoms with E-state index >= 15 is 0 Å². The van der Waals surface area contributed by atoms with Gasteiger partial charge >= 0.3 is 0 Å². The lowest BCUT2D eigenvalue weighted by Crippen LogP contribution is -2.20. The number of hydrogen-bond acceptors (Lipinski definition) is 3. The Hall–Kier alpha value is -2.07. The lowest BCUT2D eigenvalue weighted by atomic mass is 9.84. The van der Waals surface area contributed by atoms with Crippen molar-refractivity contribution in [2.75, 3.05) is 5.75 Å². The molecule has 0 amide bonds. The second kappa shape index (κ2) is 17.5. The Balaban J connectivity index is 0.000000335. The van der Waals surface area contributed by atoms with Gasteiger partial charge in [0.15, 0.2) is 0 Å². The topological polar surface area (TPSA) is 57.2 Å². The highest BCUT2D eigenvalue weighted by molar-refractivity contribution is 7.85. The van der Waals surface area contributed by atoms with Crippen LogP contribution in [0.25, 0.3) is 0 Å². The molecular weight excluding hydrogens is 514 g/mol. The van der Waals surface area contributed by atoms with Crippen LogP contribution in [0.1, 0.15) is 89.0 Å². The van der Waals surface area contributed by atoms with Crippen molar-refractivity contribution in [3.63, 3.8) is 0 Å². The number of unbranched alkanes of at least 4 members (excludes halogenated alkanes) is 5. The highest BCUT2D eigenvalue weighted by atomic mass is 32.2. The maximum Gasteiger partial charge on any atom is 0.102 e. The van der Waals surface area contributed by atoms with Gasteiger partial charge in [0.2, 0.25) is 0 Å². The quantitative estimate of drug-likeness (QED) is 0.141. The number of halogens is 1. The first-order chi connectivity index (χ1) is 18.0. The van der Waals surface area contributed by atoms with E-state index in [4.69, 9.17) is 0 Å².